The van der Waals surface area contributed by atoms with Crippen molar-refractivity contribution in [3.8, 4) is 0 Å². The average Bonchev–Trinajstić information content (AvgIpc) is 2.86. The lowest BCUT2D eigenvalue weighted by molar-refractivity contribution is 0.0950. The lowest BCUT2D eigenvalue weighted by Gasteiger charge is -2.27. The Balaban J connectivity index is 2.05. The van der Waals surface area contributed by atoms with Crippen molar-refractivity contribution >= 4 is 23.4 Å². The number of hydrogen-bond donors (Lipinski definition) is 2. The second kappa shape index (κ2) is 5.87. The Hall–Kier alpha value is -1.16. The first-order valence-electron chi connectivity index (χ1n) is 6.76. The van der Waals surface area contributed by atoms with Gasteiger partial charge >= 0.3 is 0 Å². The third kappa shape index (κ3) is 3.06. The largest absolute Gasteiger partial charge is 0.398 e. The van der Waals surface area contributed by atoms with Crippen molar-refractivity contribution in [3.63, 3.8) is 0 Å². The van der Waals surface area contributed by atoms with E-state index in [-0.39, 0.29) is 10.7 Å². The Labute approximate surface area is 119 Å². The number of aryl methyl sites for hydroxylation is 1. The van der Waals surface area contributed by atoms with E-state index in [1.807, 2.05) is 30.8 Å². The molecule has 0 saturated heterocycles. The molecule has 1 aromatic carbocycles. The van der Waals surface area contributed by atoms with Gasteiger partial charge in [0.1, 0.15) is 0 Å². The van der Waals surface area contributed by atoms with Gasteiger partial charge in [-0.05, 0) is 37.7 Å². The standard InChI is InChI=1S/C15H22N2OS/c1-11-6-5-7-12(16)13(11)14(18)17-10-15(19-2)8-3-4-9-15/h5-7H,3-4,8-10,16H2,1-2H3,(H,17,18). The maximum Gasteiger partial charge on any atom is 0.253 e. The summed E-state index contributed by atoms with van der Waals surface area (Å²) in [5.41, 5.74) is 8.02. The molecule has 0 aromatic heterocycles. The Morgan fingerprint density at radius 3 is 2.68 bits per heavy atom. The summed E-state index contributed by atoms with van der Waals surface area (Å²) in [6.07, 6.45) is 7.06. The molecule has 1 aromatic rings. The van der Waals surface area contributed by atoms with Crippen LogP contribution in [0.5, 0.6) is 0 Å². The number of amides is 1. The van der Waals surface area contributed by atoms with Crippen molar-refractivity contribution in [1.29, 1.82) is 0 Å². The number of anilines is 1. The number of carbonyl (C=O) groups is 1. The summed E-state index contributed by atoms with van der Waals surface area (Å²) in [6.45, 7) is 2.66. The molecule has 1 amide bonds. The second-order valence-electron chi connectivity index (χ2n) is 5.32. The summed E-state index contributed by atoms with van der Waals surface area (Å²) in [5, 5.41) is 3.07. The Morgan fingerprint density at radius 1 is 1.42 bits per heavy atom. The fourth-order valence-electron chi connectivity index (χ4n) is 2.80. The summed E-state index contributed by atoms with van der Waals surface area (Å²) in [7, 11) is 0. The van der Waals surface area contributed by atoms with Crippen LogP contribution in [0.1, 0.15) is 41.6 Å². The number of rotatable bonds is 4. The predicted octanol–water partition coefficient (Wildman–Crippen LogP) is 2.98. The molecule has 0 atom stereocenters. The lowest BCUT2D eigenvalue weighted by atomic mass is 10.0. The van der Waals surface area contributed by atoms with Crippen LogP contribution in [0, 0.1) is 6.92 Å². The van der Waals surface area contributed by atoms with Gasteiger partial charge in [-0.25, -0.2) is 0 Å². The number of nitrogens with two attached hydrogens (primary N) is 1. The van der Waals surface area contributed by atoms with Crippen LogP contribution in [-0.4, -0.2) is 23.5 Å². The van der Waals surface area contributed by atoms with E-state index >= 15 is 0 Å². The molecule has 3 N–H and O–H groups in total. The summed E-state index contributed by atoms with van der Waals surface area (Å²) < 4.78 is 0.229. The van der Waals surface area contributed by atoms with Gasteiger partial charge in [-0.2, -0.15) is 11.8 Å². The van der Waals surface area contributed by atoms with Crippen LogP contribution in [0.15, 0.2) is 18.2 Å². The van der Waals surface area contributed by atoms with E-state index in [1.54, 1.807) is 6.07 Å². The monoisotopic (exact) mass is 278 g/mol. The summed E-state index contributed by atoms with van der Waals surface area (Å²) in [6, 6.07) is 5.58. The molecule has 0 bridgehead atoms. The highest BCUT2D eigenvalue weighted by molar-refractivity contribution is 8.00. The number of nitrogen functional groups attached to an aromatic ring is 1. The normalized spacial score (nSPS) is 17.4. The molecular formula is C15H22N2OS. The van der Waals surface area contributed by atoms with Gasteiger partial charge in [-0.1, -0.05) is 25.0 Å². The molecule has 1 aliphatic rings. The zero-order valence-electron chi connectivity index (χ0n) is 11.7. The SMILES string of the molecule is CSC1(CNC(=O)c2c(C)cccc2N)CCCC1. The van der Waals surface area contributed by atoms with E-state index in [0.29, 0.717) is 11.3 Å². The van der Waals surface area contributed by atoms with Crippen LogP contribution in [0.25, 0.3) is 0 Å². The summed E-state index contributed by atoms with van der Waals surface area (Å²) in [5.74, 6) is -0.0454. The highest BCUT2D eigenvalue weighted by atomic mass is 32.2. The molecule has 0 heterocycles. The van der Waals surface area contributed by atoms with Gasteiger partial charge in [0.2, 0.25) is 0 Å². The van der Waals surface area contributed by atoms with Crippen LogP contribution in [0.4, 0.5) is 5.69 Å². The minimum absolute atomic E-state index is 0.0454. The average molecular weight is 278 g/mol. The first-order chi connectivity index (χ1) is 9.08. The predicted molar refractivity (Wildman–Crippen MR) is 82.6 cm³/mol. The molecule has 19 heavy (non-hydrogen) atoms. The van der Waals surface area contributed by atoms with E-state index < -0.39 is 0 Å². The van der Waals surface area contributed by atoms with E-state index in [9.17, 15) is 4.79 Å². The number of carbonyl (C=O) groups excluding carboxylic acids is 1. The first-order valence-corrected chi connectivity index (χ1v) is 7.99. The Kier molecular flexibility index (Phi) is 4.40. The van der Waals surface area contributed by atoms with Gasteiger partial charge in [0.25, 0.3) is 5.91 Å². The van der Waals surface area contributed by atoms with Gasteiger partial charge in [0, 0.05) is 17.0 Å². The van der Waals surface area contributed by atoms with Gasteiger partial charge in [0.05, 0.1) is 5.56 Å². The van der Waals surface area contributed by atoms with E-state index in [2.05, 4.69) is 11.6 Å². The molecule has 1 aliphatic carbocycles. The van der Waals surface area contributed by atoms with Crippen LogP contribution in [0.2, 0.25) is 0 Å². The fourth-order valence-corrected chi connectivity index (χ4v) is 3.72. The quantitative estimate of drug-likeness (QED) is 0.833. The molecule has 2 rings (SSSR count). The van der Waals surface area contributed by atoms with Crippen LogP contribution in [-0.2, 0) is 0 Å². The zero-order chi connectivity index (χ0) is 13.9. The second-order valence-corrected chi connectivity index (χ2v) is 6.59. The molecule has 104 valence electrons. The maximum absolute atomic E-state index is 12.3. The van der Waals surface area contributed by atoms with E-state index in [0.717, 1.165) is 12.1 Å². The topological polar surface area (TPSA) is 55.1 Å². The molecule has 1 fully saturated rings. The molecule has 0 aliphatic heterocycles. The Morgan fingerprint density at radius 2 is 2.11 bits per heavy atom. The highest BCUT2D eigenvalue weighted by Gasteiger charge is 2.33. The minimum atomic E-state index is -0.0454. The maximum atomic E-state index is 12.3. The molecule has 4 heteroatoms. The van der Waals surface area contributed by atoms with Crippen molar-refractivity contribution in [3.05, 3.63) is 29.3 Å². The minimum Gasteiger partial charge on any atom is -0.398 e. The molecule has 0 spiro atoms. The summed E-state index contributed by atoms with van der Waals surface area (Å²) in [4.78, 5) is 12.3. The van der Waals surface area contributed by atoms with E-state index in [1.165, 1.54) is 25.7 Å². The third-order valence-electron chi connectivity index (χ3n) is 4.05. The van der Waals surface area contributed by atoms with Crippen molar-refractivity contribution in [2.75, 3.05) is 18.5 Å². The van der Waals surface area contributed by atoms with Crippen molar-refractivity contribution < 1.29 is 4.79 Å². The third-order valence-corrected chi connectivity index (χ3v) is 5.47. The van der Waals surface area contributed by atoms with Gasteiger partial charge < -0.3 is 11.1 Å². The van der Waals surface area contributed by atoms with Gasteiger partial charge in [0.15, 0.2) is 0 Å². The highest BCUT2D eigenvalue weighted by Crippen LogP contribution is 2.39. The van der Waals surface area contributed by atoms with E-state index in [4.69, 9.17) is 5.73 Å². The molecule has 0 radical (unpaired) electrons. The van der Waals surface area contributed by atoms with Crippen LogP contribution >= 0.6 is 11.8 Å². The lowest BCUT2D eigenvalue weighted by Crippen LogP contribution is -2.38. The van der Waals surface area contributed by atoms with Gasteiger partial charge in [-0.3, -0.25) is 4.79 Å². The molecule has 1 saturated carbocycles. The molecular weight excluding hydrogens is 256 g/mol. The molecule has 3 nitrogen and oxygen atoms in total. The van der Waals surface area contributed by atoms with Gasteiger partial charge in [-0.15, -0.1) is 0 Å². The number of hydrogen-bond acceptors (Lipinski definition) is 3. The van der Waals surface area contributed by atoms with Crippen molar-refractivity contribution in [2.45, 2.75) is 37.4 Å². The first kappa shape index (κ1) is 14.3. The fraction of sp³-hybridized carbons (Fsp3) is 0.533. The number of nitrogens with one attached hydrogen (secondary N) is 1. The van der Waals surface area contributed by atoms with Crippen molar-refractivity contribution in [1.82, 2.24) is 5.32 Å². The Bertz CT molecular complexity index is 447. The smallest absolute Gasteiger partial charge is 0.253 e. The molecule has 0 unspecified atom stereocenters. The van der Waals surface area contributed by atoms with Crippen LogP contribution in [0.3, 0.4) is 0 Å². The summed E-state index contributed by atoms with van der Waals surface area (Å²) >= 11 is 1.88. The van der Waals surface area contributed by atoms with Crippen LogP contribution < -0.4 is 11.1 Å². The number of benzene rings is 1. The van der Waals surface area contributed by atoms with Crippen molar-refractivity contribution in [2.24, 2.45) is 0 Å². The zero-order valence-corrected chi connectivity index (χ0v) is 12.5. The number of thioether (sulfide) groups is 1.